The number of amides is 1. The van der Waals surface area contributed by atoms with E-state index in [1.807, 2.05) is 73.7 Å². The lowest BCUT2D eigenvalue weighted by Crippen LogP contribution is -2.13. The van der Waals surface area contributed by atoms with E-state index in [2.05, 4.69) is 37.9 Å². The van der Waals surface area contributed by atoms with Gasteiger partial charge in [0.15, 0.2) is 0 Å². The van der Waals surface area contributed by atoms with Crippen LogP contribution in [-0.2, 0) is 0 Å². The van der Waals surface area contributed by atoms with E-state index in [-0.39, 0.29) is 5.91 Å². The fourth-order valence-corrected chi connectivity index (χ4v) is 3.36. The van der Waals surface area contributed by atoms with Crippen LogP contribution in [0.2, 0.25) is 0 Å². The number of nitrogens with zero attached hydrogens (tertiary/aromatic N) is 1. The zero-order valence-corrected chi connectivity index (χ0v) is 16.2. The van der Waals surface area contributed by atoms with Crippen LogP contribution in [0.5, 0.6) is 0 Å². The molecule has 0 radical (unpaired) electrons. The molecule has 1 aromatic heterocycles. The van der Waals surface area contributed by atoms with Gasteiger partial charge >= 0.3 is 0 Å². The van der Waals surface area contributed by atoms with Gasteiger partial charge in [0.05, 0.1) is 11.0 Å². The van der Waals surface area contributed by atoms with Gasteiger partial charge in [-0.2, -0.15) is 0 Å². The molecule has 0 aliphatic heterocycles. The van der Waals surface area contributed by atoms with Gasteiger partial charge < -0.3 is 10.3 Å². The Morgan fingerprint density at radius 3 is 2.69 bits per heavy atom. The lowest BCUT2D eigenvalue weighted by molar-refractivity contribution is 0.102. The molecule has 26 heavy (non-hydrogen) atoms. The van der Waals surface area contributed by atoms with Crippen molar-refractivity contribution in [1.29, 1.82) is 0 Å². The molecule has 0 atom stereocenters. The molecular weight excluding hydrogens is 437 g/mol. The van der Waals surface area contributed by atoms with Gasteiger partial charge in [-0.1, -0.05) is 30.3 Å². The number of nitrogens with one attached hydrogen (secondary N) is 2. The minimum absolute atomic E-state index is 0.117. The number of anilines is 1. The molecule has 0 bridgehead atoms. The van der Waals surface area contributed by atoms with E-state index >= 15 is 0 Å². The van der Waals surface area contributed by atoms with Crippen molar-refractivity contribution in [1.82, 2.24) is 9.97 Å². The minimum atomic E-state index is -0.117. The summed E-state index contributed by atoms with van der Waals surface area (Å²) in [5, 5.41) is 3.01. The van der Waals surface area contributed by atoms with Crippen molar-refractivity contribution < 1.29 is 4.79 Å². The zero-order valence-electron chi connectivity index (χ0n) is 14.1. The van der Waals surface area contributed by atoms with Crippen LogP contribution in [0.4, 0.5) is 5.69 Å². The molecule has 1 amide bonds. The number of rotatable bonds is 3. The smallest absolute Gasteiger partial charge is 0.255 e. The molecule has 128 valence electrons. The zero-order chi connectivity index (χ0) is 18.1. The van der Waals surface area contributed by atoms with E-state index in [9.17, 15) is 4.79 Å². The quantitative estimate of drug-likeness (QED) is 0.409. The molecule has 0 saturated heterocycles. The second-order valence-electron chi connectivity index (χ2n) is 6.10. The number of fused-ring (bicyclic) bond motifs is 1. The average Bonchev–Trinajstić information content (AvgIpc) is 3.07. The molecule has 0 unspecified atom stereocenters. The van der Waals surface area contributed by atoms with Crippen molar-refractivity contribution in [2.24, 2.45) is 0 Å². The molecule has 2 N–H and O–H groups in total. The molecule has 4 aromatic rings. The summed E-state index contributed by atoms with van der Waals surface area (Å²) in [6, 6.07) is 21.4. The number of imidazole rings is 1. The number of aryl methyl sites for hydroxylation is 1. The first-order valence-electron chi connectivity index (χ1n) is 8.23. The maximum Gasteiger partial charge on any atom is 0.255 e. The highest BCUT2D eigenvalue weighted by Gasteiger charge is 2.11. The first kappa shape index (κ1) is 16.8. The summed E-state index contributed by atoms with van der Waals surface area (Å²) in [7, 11) is 0. The molecule has 1 heterocycles. The van der Waals surface area contributed by atoms with Crippen molar-refractivity contribution >= 4 is 45.2 Å². The van der Waals surface area contributed by atoms with Gasteiger partial charge in [-0.25, -0.2) is 4.98 Å². The lowest BCUT2D eigenvalue weighted by Gasteiger charge is -2.10. The molecule has 0 aliphatic rings. The summed E-state index contributed by atoms with van der Waals surface area (Å²) in [5.74, 6) is 0.671. The maximum atomic E-state index is 12.6. The Kier molecular flexibility index (Phi) is 4.46. The van der Waals surface area contributed by atoms with Gasteiger partial charge in [0, 0.05) is 20.4 Å². The van der Waals surface area contributed by atoms with Crippen LogP contribution >= 0.6 is 22.6 Å². The fourth-order valence-electron chi connectivity index (χ4n) is 2.82. The van der Waals surface area contributed by atoms with Crippen LogP contribution in [0.3, 0.4) is 0 Å². The van der Waals surface area contributed by atoms with Crippen LogP contribution in [0.15, 0.2) is 66.7 Å². The van der Waals surface area contributed by atoms with Gasteiger partial charge in [-0.05, 0) is 71.5 Å². The summed E-state index contributed by atoms with van der Waals surface area (Å²) in [6.07, 6.45) is 0. The van der Waals surface area contributed by atoms with Crippen LogP contribution in [-0.4, -0.2) is 15.9 Å². The number of H-pyrrole nitrogens is 1. The normalized spacial score (nSPS) is 10.8. The Morgan fingerprint density at radius 2 is 1.88 bits per heavy atom. The first-order chi connectivity index (χ1) is 12.6. The number of aromatic amines is 1. The number of hydrogen-bond acceptors (Lipinski definition) is 2. The third kappa shape index (κ3) is 3.35. The second kappa shape index (κ2) is 6.92. The third-order valence-corrected chi connectivity index (χ3v) is 4.91. The van der Waals surface area contributed by atoms with Crippen LogP contribution in [0.25, 0.3) is 22.4 Å². The van der Waals surface area contributed by atoms with Gasteiger partial charge in [0.2, 0.25) is 0 Å². The lowest BCUT2D eigenvalue weighted by atomic mass is 10.1. The maximum absolute atomic E-state index is 12.6. The predicted molar refractivity (Wildman–Crippen MR) is 113 cm³/mol. The predicted octanol–water partition coefficient (Wildman–Crippen LogP) is 5.40. The summed E-state index contributed by atoms with van der Waals surface area (Å²) in [4.78, 5) is 20.5. The molecular formula is C21H16IN3O. The van der Waals surface area contributed by atoms with Gasteiger partial charge in [-0.3, -0.25) is 4.79 Å². The van der Waals surface area contributed by atoms with Gasteiger partial charge in [0.25, 0.3) is 5.91 Å². The SMILES string of the molecule is Cc1ccc(-c2nc3ccccc3[nH]2)cc1NC(=O)c1cccc(I)c1. The van der Waals surface area contributed by atoms with E-state index in [0.717, 1.165) is 37.2 Å². The Labute approximate surface area is 164 Å². The van der Waals surface area contributed by atoms with E-state index in [1.165, 1.54) is 0 Å². The number of benzene rings is 3. The monoisotopic (exact) mass is 453 g/mol. The number of aromatic nitrogens is 2. The van der Waals surface area contributed by atoms with Crippen molar-refractivity contribution in [3.63, 3.8) is 0 Å². The fraction of sp³-hybridized carbons (Fsp3) is 0.0476. The van der Waals surface area contributed by atoms with Crippen molar-refractivity contribution in [2.75, 3.05) is 5.32 Å². The Balaban J connectivity index is 1.67. The standard InChI is InChI=1S/C21H16IN3O/c1-13-9-10-14(20-23-17-7-2-3-8-18(17)24-20)12-19(13)25-21(26)15-5-4-6-16(22)11-15/h2-12H,1H3,(H,23,24)(H,25,26). The molecule has 5 heteroatoms. The minimum Gasteiger partial charge on any atom is -0.338 e. The number of carbonyl (C=O) groups excluding carboxylic acids is 1. The highest BCUT2D eigenvalue weighted by molar-refractivity contribution is 14.1. The van der Waals surface area contributed by atoms with Crippen molar-refractivity contribution in [2.45, 2.75) is 6.92 Å². The Morgan fingerprint density at radius 1 is 1.04 bits per heavy atom. The van der Waals surface area contributed by atoms with Gasteiger partial charge in [0.1, 0.15) is 5.82 Å². The number of para-hydroxylation sites is 2. The van der Waals surface area contributed by atoms with Crippen LogP contribution in [0, 0.1) is 10.5 Å². The highest BCUT2D eigenvalue weighted by atomic mass is 127. The summed E-state index contributed by atoms with van der Waals surface area (Å²) in [5.41, 5.74) is 5.28. The molecule has 3 aromatic carbocycles. The summed E-state index contributed by atoms with van der Waals surface area (Å²) < 4.78 is 1.03. The Bertz CT molecular complexity index is 1080. The first-order valence-corrected chi connectivity index (χ1v) is 9.31. The Hall–Kier alpha value is -2.67. The highest BCUT2D eigenvalue weighted by Crippen LogP contribution is 2.26. The topological polar surface area (TPSA) is 57.8 Å². The van der Waals surface area contributed by atoms with Crippen molar-refractivity contribution in [3.8, 4) is 11.4 Å². The molecule has 0 aliphatic carbocycles. The number of carbonyl (C=O) groups is 1. The van der Waals surface area contributed by atoms with E-state index in [1.54, 1.807) is 0 Å². The van der Waals surface area contributed by atoms with Gasteiger partial charge in [-0.15, -0.1) is 0 Å². The largest absolute Gasteiger partial charge is 0.338 e. The second-order valence-corrected chi connectivity index (χ2v) is 7.34. The van der Waals surface area contributed by atoms with E-state index < -0.39 is 0 Å². The third-order valence-electron chi connectivity index (χ3n) is 4.24. The van der Waals surface area contributed by atoms with Crippen LogP contribution in [0.1, 0.15) is 15.9 Å². The molecule has 0 spiro atoms. The van der Waals surface area contributed by atoms with E-state index in [4.69, 9.17) is 0 Å². The summed E-state index contributed by atoms with van der Waals surface area (Å²) >= 11 is 2.20. The summed E-state index contributed by atoms with van der Waals surface area (Å²) in [6.45, 7) is 1.98. The number of hydrogen-bond donors (Lipinski definition) is 2. The van der Waals surface area contributed by atoms with Crippen molar-refractivity contribution in [3.05, 3.63) is 81.4 Å². The molecule has 0 fully saturated rings. The van der Waals surface area contributed by atoms with Crippen LogP contribution < -0.4 is 5.32 Å². The average molecular weight is 453 g/mol. The molecule has 4 rings (SSSR count). The molecule has 4 nitrogen and oxygen atoms in total. The number of halogens is 1. The molecule has 0 saturated carbocycles. The van der Waals surface area contributed by atoms with E-state index in [0.29, 0.717) is 5.56 Å².